The molecule has 0 spiro atoms. The minimum atomic E-state index is -0.445. The summed E-state index contributed by atoms with van der Waals surface area (Å²) < 4.78 is 16.2. The molecule has 0 aromatic heterocycles. The van der Waals surface area contributed by atoms with Gasteiger partial charge in [-0.25, -0.2) is 4.99 Å². The molecule has 1 heterocycles. The molecular weight excluding hydrogens is 478 g/mol. The molecule has 2 aromatic rings. The SMILES string of the molecule is COC(=O)C[C@H]1S[C@H](c2cccc(OC)c2OC)c2cc(Cl)ccc2N=C1NNC(=O)C1CC1. The molecule has 0 saturated heterocycles. The average Bonchev–Trinajstić information content (AvgIpc) is 3.70. The first-order chi connectivity index (χ1) is 16.4. The molecule has 34 heavy (non-hydrogen) atoms. The van der Waals surface area contributed by atoms with E-state index in [0.29, 0.717) is 28.0 Å². The number of amidine groups is 1. The molecule has 0 radical (unpaired) electrons. The quantitative estimate of drug-likeness (QED) is 0.450. The zero-order valence-electron chi connectivity index (χ0n) is 19.1. The van der Waals surface area contributed by atoms with Crippen LogP contribution in [-0.4, -0.2) is 44.3 Å². The second-order valence-corrected chi connectivity index (χ2v) is 9.71. The molecule has 10 heteroatoms. The van der Waals surface area contributed by atoms with Gasteiger partial charge in [-0.3, -0.25) is 20.4 Å². The lowest BCUT2D eigenvalue weighted by atomic mass is 10.0. The molecule has 2 aliphatic rings. The number of carbonyl (C=O) groups is 2. The molecular formula is C24H26ClN3O5S. The number of hydrazine groups is 1. The first-order valence-electron chi connectivity index (χ1n) is 10.8. The number of ether oxygens (including phenoxy) is 3. The highest BCUT2D eigenvalue weighted by Gasteiger charge is 2.35. The molecule has 4 rings (SSSR count). The number of thioether (sulfide) groups is 1. The van der Waals surface area contributed by atoms with Crippen molar-refractivity contribution in [3.8, 4) is 11.5 Å². The van der Waals surface area contributed by atoms with Crippen molar-refractivity contribution in [3.05, 3.63) is 52.5 Å². The number of hydrogen-bond donors (Lipinski definition) is 2. The van der Waals surface area contributed by atoms with E-state index in [9.17, 15) is 9.59 Å². The van der Waals surface area contributed by atoms with Gasteiger partial charge in [-0.05, 0) is 42.7 Å². The van der Waals surface area contributed by atoms with Crippen molar-refractivity contribution in [2.75, 3.05) is 21.3 Å². The largest absolute Gasteiger partial charge is 0.493 e. The molecule has 2 atom stereocenters. The monoisotopic (exact) mass is 503 g/mol. The zero-order chi connectivity index (χ0) is 24.2. The molecule has 0 unspecified atom stereocenters. The Morgan fingerprint density at radius 2 is 1.91 bits per heavy atom. The maximum absolute atomic E-state index is 12.3. The van der Waals surface area contributed by atoms with Crippen molar-refractivity contribution in [2.24, 2.45) is 10.9 Å². The van der Waals surface area contributed by atoms with E-state index in [1.165, 1.54) is 18.9 Å². The Morgan fingerprint density at radius 1 is 1.12 bits per heavy atom. The van der Waals surface area contributed by atoms with Crippen molar-refractivity contribution < 1.29 is 23.8 Å². The number of nitrogens with one attached hydrogen (secondary N) is 2. The molecule has 1 amide bonds. The summed E-state index contributed by atoms with van der Waals surface area (Å²) in [6.07, 6.45) is 1.80. The van der Waals surface area contributed by atoms with Crippen LogP contribution < -0.4 is 20.3 Å². The number of para-hydroxylation sites is 1. The molecule has 1 aliphatic carbocycles. The summed E-state index contributed by atoms with van der Waals surface area (Å²) in [4.78, 5) is 29.4. The van der Waals surface area contributed by atoms with Crippen molar-refractivity contribution in [1.82, 2.24) is 10.9 Å². The van der Waals surface area contributed by atoms with Crippen LogP contribution in [0.3, 0.4) is 0 Å². The molecule has 1 aliphatic heterocycles. The number of methoxy groups -OCH3 is 3. The second kappa shape index (κ2) is 10.6. The van der Waals surface area contributed by atoms with Crippen molar-refractivity contribution >= 4 is 46.8 Å². The minimum absolute atomic E-state index is 0.0190. The molecule has 180 valence electrons. The van der Waals surface area contributed by atoms with Gasteiger partial charge < -0.3 is 14.2 Å². The topological polar surface area (TPSA) is 98.2 Å². The maximum Gasteiger partial charge on any atom is 0.307 e. The zero-order valence-corrected chi connectivity index (χ0v) is 20.7. The van der Waals surface area contributed by atoms with E-state index in [1.54, 1.807) is 20.3 Å². The van der Waals surface area contributed by atoms with Crippen LogP contribution in [0.4, 0.5) is 5.69 Å². The molecule has 1 fully saturated rings. The van der Waals surface area contributed by atoms with Crippen molar-refractivity contribution in [1.29, 1.82) is 0 Å². The Balaban J connectivity index is 1.78. The van der Waals surface area contributed by atoms with E-state index in [4.69, 9.17) is 30.8 Å². The van der Waals surface area contributed by atoms with Gasteiger partial charge in [-0.1, -0.05) is 23.7 Å². The van der Waals surface area contributed by atoms with E-state index in [-0.39, 0.29) is 29.5 Å². The number of rotatable bonds is 6. The first kappa shape index (κ1) is 24.2. The first-order valence-corrected chi connectivity index (χ1v) is 12.1. The van der Waals surface area contributed by atoms with E-state index < -0.39 is 5.25 Å². The molecule has 8 nitrogen and oxygen atoms in total. The smallest absolute Gasteiger partial charge is 0.307 e. The van der Waals surface area contributed by atoms with Crippen LogP contribution in [-0.2, 0) is 14.3 Å². The van der Waals surface area contributed by atoms with Gasteiger partial charge in [0.25, 0.3) is 0 Å². The summed E-state index contributed by atoms with van der Waals surface area (Å²) in [5, 5.41) is -0.181. The van der Waals surface area contributed by atoms with Gasteiger partial charge >= 0.3 is 5.97 Å². The fourth-order valence-electron chi connectivity index (χ4n) is 3.76. The molecule has 1 saturated carbocycles. The summed E-state index contributed by atoms with van der Waals surface area (Å²) >= 11 is 7.87. The van der Waals surface area contributed by atoms with Gasteiger partial charge in [0.05, 0.1) is 43.9 Å². The van der Waals surface area contributed by atoms with Gasteiger partial charge in [0.2, 0.25) is 5.91 Å². The van der Waals surface area contributed by atoms with Gasteiger partial charge in [0.1, 0.15) is 5.84 Å². The lowest BCUT2D eigenvalue weighted by molar-refractivity contribution is -0.140. The molecule has 0 bridgehead atoms. The van der Waals surface area contributed by atoms with Gasteiger partial charge in [-0.15, -0.1) is 11.8 Å². The van der Waals surface area contributed by atoms with E-state index >= 15 is 0 Å². The highest BCUT2D eigenvalue weighted by atomic mass is 35.5. The number of aliphatic imine (C=N–C) groups is 1. The maximum atomic E-state index is 12.3. The number of benzene rings is 2. The number of amides is 1. The van der Waals surface area contributed by atoms with Crippen LogP contribution in [0, 0.1) is 5.92 Å². The normalized spacial score (nSPS) is 19.2. The highest BCUT2D eigenvalue weighted by Crippen LogP contribution is 2.50. The Hall–Kier alpha value is -2.91. The molecule has 2 aromatic carbocycles. The number of esters is 1. The van der Waals surface area contributed by atoms with Gasteiger partial charge in [-0.2, -0.15) is 0 Å². The summed E-state index contributed by atoms with van der Waals surface area (Å²) in [5.74, 6) is 1.18. The Bertz CT molecular complexity index is 1120. The third-order valence-electron chi connectivity index (χ3n) is 5.68. The summed E-state index contributed by atoms with van der Waals surface area (Å²) in [6, 6.07) is 11.1. The van der Waals surface area contributed by atoms with Gasteiger partial charge in [0, 0.05) is 16.5 Å². The van der Waals surface area contributed by atoms with Crippen LogP contribution >= 0.6 is 23.4 Å². The van der Waals surface area contributed by atoms with E-state index in [1.807, 2.05) is 30.3 Å². The Morgan fingerprint density at radius 3 is 2.59 bits per heavy atom. The van der Waals surface area contributed by atoms with Crippen LogP contribution in [0.5, 0.6) is 11.5 Å². The Labute approximate surface area is 207 Å². The van der Waals surface area contributed by atoms with Crippen LogP contribution in [0.15, 0.2) is 41.4 Å². The third-order valence-corrected chi connectivity index (χ3v) is 7.41. The summed E-state index contributed by atoms with van der Waals surface area (Å²) in [5.41, 5.74) is 8.09. The highest BCUT2D eigenvalue weighted by molar-refractivity contribution is 8.01. The third kappa shape index (κ3) is 5.26. The lowest BCUT2D eigenvalue weighted by Gasteiger charge is -2.25. The predicted molar refractivity (Wildman–Crippen MR) is 132 cm³/mol. The summed E-state index contributed by atoms with van der Waals surface area (Å²) in [7, 11) is 4.52. The van der Waals surface area contributed by atoms with Gasteiger partial charge in [0.15, 0.2) is 11.5 Å². The van der Waals surface area contributed by atoms with Crippen molar-refractivity contribution in [3.63, 3.8) is 0 Å². The fourth-order valence-corrected chi connectivity index (χ4v) is 5.41. The standard InChI is InChI=1S/C24H26ClN3O5S/c1-31-18-6-4-5-15(21(18)33-3)22-16-11-14(25)9-10-17(16)26-23(19(34-22)12-20(29)32-2)27-28-24(30)13-7-8-13/h4-6,9-11,13,19,22H,7-8,12H2,1-3H3,(H,26,27)(H,28,30)/t19-,22-/m1/s1. The van der Waals surface area contributed by atoms with Crippen LogP contribution in [0.25, 0.3) is 0 Å². The summed E-state index contributed by atoms with van der Waals surface area (Å²) in [6.45, 7) is 0. The number of fused-ring (bicyclic) bond motifs is 1. The average molecular weight is 504 g/mol. The fraction of sp³-hybridized carbons (Fsp3) is 0.375. The number of hydrogen-bond acceptors (Lipinski definition) is 8. The van der Waals surface area contributed by atoms with Crippen LogP contribution in [0.1, 0.15) is 35.6 Å². The minimum Gasteiger partial charge on any atom is -0.493 e. The Kier molecular flexibility index (Phi) is 7.53. The molecule has 2 N–H and O–H groups in total. The van der Waals surface area contributed by atoms with E-state index in [0.717, 1.165) is 24.0 Å². The lowest BCUT2D eigenvalue weighted by Crippen LogP contribution is -2.46. The second-order valence-electron chi connectivity index (χ2n) is 7.96. The number of carbonyl (C=O) groups excluding carboxylic acids is 2. The number of halogens is 1. The van der Waals surface area contributed by atoms with Crippen molar-refractivity contribution in [2.45, 2.75) is 29.8 Å². The van der Waals surface area contributed by atoms with Crippen LogP contribution in [0.2, 0.25) is 5.02 Å². The van der Waals surface area contributed by atoms with E-state index in [2.05, 4.69) is 10.9 Å². The predicted octanol–water partition coefficient (Wildman–Crippen LogP) is 4.19. The number of nitrogens with zero attached hydrogens (tertiary/aromatic N) is 1.